The highest BCUT2D eigenvalue weighted by Crippen LogP contribution is 2.40. The molecule has 0 aliphatic heterocycles. The first-order valence-corrected chi connectivity index (χ1v) is 9.64. The van der Waals surface area contributed by atoms with Crippen molar-refractivity contribution in [1.29, 1.82) is 0 Å². The molecule has 1 aromatic heterocycles. The van der Waals surface area contributed by atoms with Crippen molar-refractivity contribution < 1.29 is 14.5 Å². The van der Waals surface area contributed by atoms with Crippen LogP contribution in [0.15, 0.2) is 18.2 Å². The highest BCUT2D eigenvalue weighted by atomic mass is 32.1. The number of hydrogen-bond donors (Lipinski definition) is 2. The smallest absolute Gasteiger partial charge is 0.273 e. The van der Waals surface area contributed by atoms with Crippen molar-refractivity contribution in [3.8, 4) is 0 Å². The standard InChI is InChI=1S/C19H21N3O4S/c1-3-11-7-8-13-15(9-11)27-19(16(13)17(20)23)21-18(24)12-5-4-6-14(10(12)2)22(25)26/h4-6,11H,3,7-9H2,1-2H3,(H2,20,23)(H,21,24)/t11-/m1/s1. The number of fused-ring (bicyclic) bond motifs is 1. The van der Waals surface area contributed by atoms with Crippen LogP contribution in [-0.4, -0.2) is 16.7 Å². The summed E-state index contributed by atoms with van der Waals surface area (Å²) >= 11 is 1.38. The van der Waals surface area contributed by atoms with Gasteiger partial charge in [0.15, 0.2) is 0 Å². The Bertz CT molecular complexity index is 935. The molecule has 0 fully saturated rings. The van der Waals surface area contributed by atoms with E-state index in [9.17, 15) is 19.7 Å². The molecule has 1 aliphatic carbocycles. The number of nitrogens with zero attached hydrogens (tertiary/aromatic N) is 1. The fourth-order valence-electron chi connectivity index (χ4n) is 3.59. The van der Waals surface area contributed by atoms with Crippen LogP contribution in [0.3, 0.4) is 0 Å². The summed E-state index contributed by atoms with van der Waals surface area (Å²) in [7, 11) is 0. The molecule has 2 aromatic rings. The zero-order chi connectivity index (χ0) is 19.7. The van der Waals surface area contributed by atoms with E-state index < -0.39 is 16.7 Å². The third-order valence-electron chi connectivity index (χ3n) is 5.16. The van der Waals surface area contributed by atoms with Crippen molar-refractivity contribution in [3.63, 3.8) is 0 Å². The number of benzene rings is 1. The zero-order valence-corrected chi connectivity index (χ0v) is 16.0. The number of anilines is 1. The molecular formula is C19H21N3O4S. The van der Waals surface area contributed by atoms with Crippen LogP contribution in [-0.2, 0) is 12.8 Å². The molecule has 1 aromatic carbocycles. The lowest BCUT2D eigenvalue weighted by atomic mass is 9.85. The molecular weight excluding hydrogens is 366 g/mol. The lowest BCUT2D eigenvalue weighted by Crippen LogP contribution is -2.20. The van der Waals surface area contributed by atoms with Crippen LogP contribution in [0.2, 0.25) is 0 Å². The van der Waals surface area contributed by atoms with Gasteiger partial charge in [0, 0.05) is 22.1 Å². The van der Waals surface area contributed by atoms with E-state index in [4.69, 9.17) is 5.73 Å². The Kier molecular flexibility index (Phi) is 5.27. The van der Waals surface area contributed by atoms with Gasteiger partial charge in [-0.1, -0.05) is 19.4 Å². The van der Waals surface area contributed by atoms with Gasteiger partial charge in [0.05, 0.1) is 10.5 Å². The van der Waals surface area contributed by atoms with Crippen LogP contribution in [0.25, 0.3) is 0 Å². The Hall–Kier alpha value is -2.74. The van der Waals surface area contributed by atoms with Gasteiger partial charge in [0.1, 0.15) is 5.00 Å². The molecule has 142 valence electrons. The molecule has 3 N–H and O–H groups in total. The molecule has 0 saturated carbocycles. The Balaban J connectivity index is 1.96. The summed E-state index contributed by atoms with van der Waals surface area (Å²) < 4.78 is 0. The van der Waals surface area contributed by atoms with E-state index >= 15 is 0 Å². The van der Waals surface area contributed by atoms with Crippen molar-refractivity contribution in [2.24, 2.45) is 11.7 Å². The molecule has 1 aliphatic rings. The van der Waals surface area contributed by atoms with Crippen LogP contribution >= 0.6 is 11.3 Å². The number of carbonyl (C=O) groups excluding carboxylic acids is 2. The van der Waals surface area contributed by atoms with Gasteiger partial charge in [-0.25, -0.2) is 0 Å². The van der Waals surface area contributed by atoms with Gasteiger partial charge in [0.25, 0.3) is 17.5 Å². The summed E-state index contributed by atoms with van der Waals surface area (Å²) in [6.07, 6.45) is 3.71. The molecule has 0 bridgehead atoms. The number of nitrogens with two attached hydrogens (primary N) is 1. The van der Waals surface area contributed by atoms with Gasteiger partial charge in [-0.3, -0.25) is 19.7 Å². The number of thiophene rings is 1. The normalized spacial score (nSPS) is 15.9. The molecule has 3 rings (SSSR count). The van der Waals surface area contributed by atoms with Gasteiger partial charge in [-0.2, -0.15) is 0 Å². The third-order valence-corrected chi connectivity index (χ3v) is 6.33. The fourth-order valence-corrected chi connectivity index (χ4v) is 4.95. The quantitative estimate of drug-likeness (QED) is 0.599. The summed E-state index contributed by atoms with van der Waals surface area (Å²) in [5.74, 6) is -0.475. The zero-order valence-electron chi connectivity index (χ0n) is 15.2. The van der Waals surface area contributed by atoms with Gasteiger partial charge in [0.2, 0.25) is 0 Å². The van der Waals surface area contributed by atoms with Crippen molar-refractivity contribution in [2.75, 3.05) is 5.32 Å². The van der Waals surface area contributed by atoms with E-state index in [0.717, 1.165) is 36.1 Å². The SMILES string of the molecule is CC[C@@H]1CCc2c(sc(NC(=O)c3cccc([N+](=O)[O-])c3C)c2C(N)=O)C1. The molecule has 1 heterocycles. The Morgan fingerprint density at radius 1 is 1.41 bits per heavy atom. The minimum Gasteiger partial charge on any atom is -0.365 e. The second kappa shape index (κ2) is 7.48. The second-order valence-corrected chi connectivity index (χ2v) is 7.86. The molecule has 27 heavy (non-hydrogen) atoms. The predicted molar refractivity (Wildman–Crippen MR) is 104 cm³/mol. The van der Waals surface area contributed by atoms with Gasteiger partial charge >= 0.3 is 0 Å². The molecule has 7 nitrogen and oxygen atoms in total. The number of primary amides is 1. The number of amides is 2. The Morgan fingerprint density at radius 3 is 2.78 bits per heavy atom. The van der Waals surface area contributed by atoms with Gasteiger partial charge in [-0.15, -0.1) is 11.3 Å². The largest absolute Gasteiger partial charge is 0.365 e. The summed E-state index contributed by atoms with van der Waals surface area (Å²) in [5, 5.41) is 14.3. The number of hydrogen-bond acceptors (Lipinski definition) is 5. The average Bonchev–Trinajstić information content (AvgIpc) is 2.98. The molecule has 0 spiro atoms. The first-order valence-electron chi connectivity index (χ1n) is 8.83. The monoisotopic (exact) mass is 387 g/mol. The van der Waals surface area contributed by atoms with E-state index in [1.165, 1.54) is 36.5 Å². The van der Waals surface area contributed by atoms with Crippen molar-refractivity contribution in [3.05, 3.63) is 55.4 Å². The predicted octanol–water partition coefficient (Wildman–Crippen LogP) is 3.83. The van der Waals surface area contributed by atoms with Gasteiger partial charge in [-0.05, 0) is 43.7 Å². The maximum absolute atomic E-state index is 12.7. The summed E-state index contributed by atoms with van der Waals surface area (Å²) in [5.41, 5.74) is 7.27. The van der Waals surface area contributed by atoms with E-state index in [0.29, 0.717) is 16.5 Å². The van der Waals surface area contributed by atoms with Crippen molar-refractivity contribution >= 4 is 33.8 Å². The Labute approximate surface area is 160 Å². The first kappa shape index (κ1) is 19.0. The van der Waals surface area contributed by atoms with E-state index in [2.05, 4.69) is 12.2 Å². The van der Waals surface area contributed by atoms with Gasteiger partial charge < -0.3 is 11.1 Å². The molecule has 0 saturated heterocycles. The van der Waals surface area contributed by atoms with Crippen LogP contribution in [0.5, 0.6) is 0 Å². The van der Waals surface area contributed by atoms with Crippen LogP contribution in [0, 0.1) is 23.0 Å². The number of nitro benzene ring substituents is 1. The average molecular weight is 387 g/mol. The number of nitro groups is 1. The maximum Gasteiger partial charge on any atom is 0.273 e. The summed E-state index contributed by atoms with van der Waals surface area (Å²) in [6.45, 7) is 3.68. The first-order chi connectivity index (χ1) is 12.8. The molecule has 2 amide bonds. The number of carbonyl (C=O) groups is 2. The van der Waals surface area contributed by atoms with Crippen LogP contribution in [0.1, 0.15) is 56.5 Å². The second-order valence-electron chi connectivity index (χ2n) is 6.75. The topological polar surface area (TPSA) is 115 Å². The molecule has 8 heteroatoms. The minimum atomic E-state index is -0.562. The van der Waals surface area contributed by atoms with Crippen LogP contribution in [0.4, 0.5) is 10.7 Å². The third kappa shape index (κ3) is 3.57. The van der Waals surface area contributed by atoms with E-state index in [1.54, 1.807) is 0 Å². The van der Waals surface area contributed by atoms with Crippen LogP contribution < -0.4 is 11.1 Å². The number of rotatable bonds is 5. The Morgan fingerprint density at radius 2 is 2.15 bits per heavy atom. The highest BCUT2D eigenvalue weighted by molar-refractivity contribution is 7.17. The molecule has 0 radical (unpaired) electrons. The lowest BCUT2D eigenvalue weighted by molar-refractivity contribution is -0.385. The molecule has 1 atom stereocenters. The maximum atomic E-state index is 12.7. The highest BCUT2D eigenvalue weighted by Gasteiger charge is 2.28. The summed E-state index contributed by atoms with van der Waals surface area (Å²) in [4.78, 5) is 36.4. The summed E-state index contributed by atoms with van der Waals surface area (Å²) in [6, 6.07) is 4.36. The minimum absolute atomic E-state index is 0.117. The molecule has 0 unspecified atom stereocenters. The van der Waals surface area contributed by atoms with Crippen molar-refractivity contribution in [2.45, 2.75) is 39.5 Å². The van der Waals surface area contributed by atoms with E-state index in [1.807, 2.05) is 0 Å². The van der Waals surface area contributed by atoms with E-state index in [-0.39, 0.29) is 16.8 Å². The lowest BCUT2D eigenvalue weighted by Gasteiger charge is -2.20. The van der Waals surface area contributed by atoms with Crippen molar-refractivity contribution in [1.82, 2.24) is 0 Å². The fraction of sp³-hybridized carbons (Fsp3) is 0.368. The number of nitrogens with one attached hydrogen (secondary N) is 1.